The molecule has 0 radical (unpaired) electrons. The summed E-state index contributed by atoms with van der Waals surface area (Å²) in [5, 5.41) is 13.7. The van der Waals surface area contributed by atoms with E-state index in [4.69, 9.17) is 16.3 Å². The molecule has 5 heteroatoms. The van der Waals surface area contributed by atoms with Gasteiger partial charge in [-0.1, -0.05) is 17.7 Å². The number of nitrogens with one attached hydrogen (secondary N) is 1. The summed E-state index contributed by atoms with van der Waals surface area (Å²) in [6.45, 7) is 2.17. The fourth-order valence-electron chi connectivity index (χ4n) is 2.75. The number of aliphatic hydroxyl groups is 1. The smallest absolute Gasteiger partial charge is 0.127 e. The molecule has 2 heterocycles. The van der Waals surface area contributed by atoms with Crippen LogP contribution in [-0.4, -0.2) is 36.4 Å². The van der Waals surface area contributed by atoms with Gasteiger partial charge in [0.05, 0.1) is 0 Å². The van der Waals surface area contributed by atoms with Gasteiger partial charge < -0.3 is 15.2 Å². The highest BCUT2D eigenvalue weighted by atomic mass is 35.5. The highest BCUT2D eigenvalue weighted by molar-refractivity contribution is 6.30. The number of nitrogens with zero attached hydrogens (tertiary/aromatic N) is 1. The maximum Gasteiger partial charge on any atom is 0.127 e. The zero-order chi connectivity index (χ0) is 16.8. The number of pyridine rings is 1. The summed E-state index contributed by atoms with van der Waals surface area (Å²) >= 11 is 6.03. The lowest BCUT2D eigenvalue weighted by atomic mass is 10.0. The van der Waals surface area contributed by atoms with E-state index in [2.05, 4.69) is 16.4 Å². The Hall–Kier alpha value is -1.88. The lowest BCUT2D eigenvalue weighted by Crippen LogP contribution is -2.30. The SMILES string of the molecule is OCC(CNCC1=Cc2cc(Cl)ccc2OC1)Cc1ccccn1. The number of halogens is 1. The van der Waals surface area contributed by atoms with Crippen LogP contribution in [-0.2, 0) is 6.42 Å². The third-order valence-corrected chi connectivity index (χ3v) is 4.25. The quantitative estimate of drug-likeness (QED) is 0.811. The summed E-state index contributed by atoms with van der Waals surface area (Å²) in [5.41, 5.74) is 3.18. The van der Waals surface area contributed by atoms with Gasteiger partial charge >= 0.3 is 0 Å². The van der Waals surface area contributed by atoms with Gasteiger partial charge in [0.25, 0.3) is 0 Å². The van der Waals surface area contributed by atoms with Gasteiger partial charge in [0.1, 0.15) is 12.4 Å². The van der Waals surface area contributed by atoms with Crippen LogP contribution in [0.1, 0.15) is 11.3 Å². The van der Waals surface area contributed by atoms with Crippen LogP contribution in [0, 0.1) is 5.92 Å². The van der Waals surface area contributed by atoms with E-state index in [9.17, 15) is 5.11 Å². The monoisotopic (exact) mass is 344 g/mol. The van der Waals surface area contributed by atoms with Gasteiger partial charge in [-0.3, -0.25) is 4.98 Å². The zero-order valence-electron chi connectivity index (χ0n) is 13.4. The maximum atomic E-state index is 9.56. The lowest BCUT2D eigenvalue weighted by molar-refractivity contribution is 0.221. The Morgan fingerprint density at radius 3 is 3.00 bits per heavy atom. The van der Waals surface area contributed by atoms with E-state index in [1.807, 2.05) is 36.4 Å². The molecule has 1 atom stereocenters. The Morgan fingerprint density at radius 2 is 2.21 bits per heavy atom. The van der Waals surface area contributed by atoms with Crippen molar-refractivity contribution in [2.45, 2.75) is 6.42 Å². The number of hydrogen-bond donors (Lipinski definition) is 2. The second kappa shape index (κ2) is 8.29. The third-order valence-electron chi connectivity index (χ3n) is 4.01. The second-order valence-corrected chi connectivity index (χ2v) is 6.41. The van der Waals surface area contributed by atoms with Crippen LogP contribution in [0.2, 0.25) is 5.02 Å². The van der Waals surface area contributed by atoms with E-state index in [0.29, 0.717) is 11.6 Å². The average Bonchev–Trinajstić information content (AvgIpc) is 2.61. The fraction of sp³-hybridized carbons (Fsp3) is 0.316. The number of benzene rings is 1. The Kier molecular flexibility index (Phi) is 5.86. The van der Waals surface area contributed by atoms with Crippen molar-refractivity contribution in [2.75, 3.05) is 26.3 Å². The predicted octanol–water partition coefficient (Wildman–Crippen LogP) is 2.95. The molecule has 2 N–H and O–H groups in total. The van der Waals surface area contributed by atoms with Gasteiger partial charge in [0.15, 0.2) is 0 Å². The van der Waals surface area contributed by atoms with E-state index in [1.54, 1.807) is 6.20 Å². The first-order valence-corrected chi connectivity index (χ1v) is 8.45. The molecule has 126 valence electrons. The van der Waals surface area contributed by atoms with Gasteiger partial charge in [-0.25, -0.2) is 0 Å². The minimum atomic E-state index is 0.136. The molecule has 1 aliphatic heterocycles. The van der Waals surface area contributed by atoms with Crippen molar-refractivity contribution in [2.24, 2.45) is 5.92 Å². The first kappa shape index (κ1) is 17.0. The maximum absolute atomic E-state index is 9.56. The van der Waals surface area contributed by atoms with Gasteiger partial charge in [0.2, 0.25) is 0 Å². The molecule has 0 saturated heterocycles. The molecule has 1 aliphatic rings. The highest BCUT2D eigenvalue weighted by Crippen LogP contribution is 2.28. The summed E-state index contributed by atoms with van der Waals surface area (Å²) in [7, 11) is 0. The van der Waals surface area contributed by atoms with Crippen molar-refractivity contribution in [1.82, 2.24) is 10.3 Å². The molecule has 0 bridgehead atoms. The van der Waals surface area contributed by atoms with Crippen LogP contribution in [0.4, 0.5) is 0 Å². The van der Waals surface area contributed by atoms with Crippen molar-refractivity contribution < 1.29 is 9.84 Å². The average molecular weight is 345 g/mol. The van der Waals surface area contributed by atoms with Crippen molar-refractivity contribution >= 4 is 17.7 Å². The molecule has 4 nitrogen and oxygen atoms in total. The van der Waals surface area contributed by atoms with Crippen LogP contribution in [0.15, 0.2) is 48.2 Å². The molecule has 3 rings (SSSR count). The van der Waals surface area contributed by atoms with Crippen molar-refractivity contribution in [3.05, 3.63) is 64.4 Å². The molecular weight excluding hydrogens is 324 g/mol. The molecular formula is C19H21ClN2O2. The number of aromatic nitrogens is 1. The molecule has 0 amide bonds. The fourth-order valence-corrected chi connectivity index (χ4v) is 2.93. The predicted molar refractivity (Wildman–Crippen MR) is 96.3 cm³/mol. The van der Waals surface area contributed by atoms with Gasteiger partial charge in [-0.2, -0.15) is 0 Å². The van der Waals surface area contributed by atoms with Crippen molar-refractivity contribution in [3.8, 4) is 5.75 Å². The Morgan fingerprint density at radius 1 is 1.29 bits per heavy atom. The molecule has 1 aromatic heterocycles. The molecule has 0 fully saturated rings. The number of ether oxygens (including phenoxy) is 1. The van der Waals surface area contributed by atoms with Crippen LogP contribution < -0.4 is 10.1 Å². The summed E-state index contributed by atoms with van der Waals surface area (Å²) < 4.78 is 5.74. The van der Waals surface area contributed by atoms with Crippen LogP contribution in [0.3, 0.4) is 0 Å². The molecule has 0 saturated carbocycles. The normalized spacial score (nSPS) is 14.5. The van der Waals surface area contributed by atoms with E-state index in [1.165, 1.54) is 5.57 Å². The molecule has 0 spiro atoms. The van der Waals surface area contributed by atoms with Crippen molar-refractivity contribution in [3.63, 3.8) is 0 Å². The Labute approximate surface area is 147 Å². The number of aliphatic hydroxyl groups excluding tert-OH is 1. The van der Waals surface area contributed by atoms with E-state index in [-0.39, 0.29) is 12.5 Å². The largest absolute Gasteiger partial charge is 0.489 e. The Balaban J connectivity index is 1.52. The third kappa shape index (κ3) is 4.57. The molecule has 24 heavy (non-hydrogen) atoms. The zero-order valence-corrected chi connectivity index (χ0v) is 14.2. The van der Waals surface area contributed by atoms with E-state index < -0.39 is 0 Å². The molecule has 1 aromatic carbocycles. The standard InChI is InChI=1S/C19H21ClN2O2/c20-17-4-5-19-16(9-17)7-15(13-24-19)11-21-10-14(12-23)8-18-3-1-2-6-22-18/h1-7,9,14,21,23H,8,10-13H2. The Bertz CT molecular complexity index is 704. The van der Waals surface area contributed by atoms with Crippen LogP contribution in [0.25, 0.3) is 6.08 Å². The number of rotatable bonds is 7. The van der Waals surface area contributed by atoms with Gasteiger partial charge in [-0.15, -0.1) is 0 Å². The van der Waals surface area contributed by atoms with Crippen molar-refractivity contribution in [1.29, 1.82) is 0 Å². The first-order valence-electron chi connectivity index (χ1n) is 8.08. The minimum Gasteiger partial charge on any atom is -0.489 e. The molecule has 1 unspecified atom stereocenters. The second-order valence-electron chi connectivity index (χ2n) is 5.98. The highest BCUT2D eigenvalue weighted by Gasteiger charge is 2.13. The van der Waals surface area contributed by atoms with Gasteiger partial charge in [-0.05, 0) is 54.3 Å². The summed E-state index contributed by atoms with van der Waals surface area (Å²) in [5.74, 6) is 1.01. The van der Waals surface area contributed by atoms with E-state index >= 15 is 0 Å². The van der Waals surface area contributed by atoms with E-state index in [0.717, 1.165) is 36.5 Å². The van der Waals surface area contributed by atoms with Crippen LogP contribution >= 0.6 is 11.6 Å². The minimum absolute atomic E-state index is 0.136. The van der Waals surface area contributed by atoms with Gasteiger partial charge in [0, 0.05) is 42.2 Å². The number of fused-ring (bicyclic) bond motifs is 1. The topological polar surface area (TPSA) is 54.4 Å². The first-order chi connectivity index (χ1) is 11.7. The molecule has 0 aliphatic carbocycles. The molecule has 2 aromatic rings. The summed E-state index contributed by atoms with van der Waals surface area (Å²) in [6.07, 6.45) is 4.66. The summed E-state index contributed by atoms with van der Waals surface area (Å²) in [4.78, 5) is 4.31. The summed E-state index contributed by atoms with van der Waals surface area (Å²) in [6, 6.07) is 11.5. The van der Waals surface area contributed by atoms with Crippen LogP contribution in [0.5, 0.6) is 5.75 Å². The number of hydrogen-bond acceptors (Lipinski definition) is 4. The lowest BCUT2D eigenvalue weighted by Gasteiger charge is -2.20.